The second kappa shape index (κ2) is 7.97. The molecule has 0 rings (SSSR count). The molecule has 0 radical (unpaired) electrons. The molecule has 1 atom stereocenters. The van der Waals surface area contributed by atoms with Crippen molar-refractivity contribution in [3.05, 3.63) is 12.7 Å². The minimum atomic E-state index is 0.242. The van der Waals surface area contributed by atoms with Crippen LogP contribution in [0.25, 0.3) is 0 Å². The number of nitrogens with one attached hydrogen (secondary N) is 2. The largest absolute Gasteiger partial charge is 0.384 e. The van der Waals surface area contributed by atoms with Crippen molar-refractivity contribution in [2.45, 2.75) is 26.2 Å². The maximum atomic E-state index is 5.23. The first kappa shape index (κ1) is 13.6. The maximum Gasteiger partial charge on any atom is 0.0518 e. The van der Waals surface area contributed by atoms with E-state index in [1.807, 2.05) is 13.1 Å². The Morgan fingerprint density at radius 3 is 2.71 bits per heavy atom. The minimum Gasteiger partial charge on any atom is -0.384 e. The minimum absolute atomic E-state index is 0.242. The van der Waals surface area contributed by atoms with Crippen LogP contribution in [-0.2, 0) is 4.74 Å². The Kier molecular flexibility index (Phi) is 7.76. The molecule has 2 N–H and O–H groups in total. The summed E-state index contributed by atoms with van der Waals surface area (Å²) >= 11 is 0. The van der Waals surface area contributed by atoms with Gasteiger partial charge in [-0.2, -0.15) is 0 Å². The lowest BCUT2D eigenvalue weighted by atomic mass is 9.83. The van der Waals surface area contributed by atoms with E-state index >= 15 is 0 Å². The van der Waals surface area contributed by atoms with Gasteiger partial charge < -0.3 is 4.74 Å². The molecular formula is C11H24N2O. The van der Waals surface area contributed by atoms with Gasteiger partial charge in [-0.1, -0.05) is 13.0 Å². The summed E-state index contributed by atoms with van der Waals surface area (Å²) in [4.78, 5) is 0. The van der Waals surface area contributed by atoms with Gasteiger partial charge in [0.05, 0.1) is 6.61 Å². The van der Waals surface area contributed by atoms with Crippen molar-refractivity contribution in [1.82, 2.24) is 10.9 Å². The van der Waals surface area contributed by atoms with Gasteiger partial charge in [0.25, 0.3) is 0 Å². The van der Waals surface area contributed by atoms with E-state index in [9.17, 15) is 0 Å². The molecule has 0 saturated heterocycles. The van der Waals surface area contributed by atoms with Gasteiger partial charge in [0, 0.05) is 13.7 Å². The van der Waals surface area contributed by atoms with E-state index in [0.29, 0.717) is 0 Å². The van der Waals surface area contributed by atoms with Crippen LogP contribution in [0.5, 0.6) is 0 Å². The predicted molar refractivity (Wildman–Crippen MR) is 61.1 cm³/mol. The summed E-state index contributed by atoms with van der Waals surface area (Å²) in [6.45, 7) is 7.83. The van der Waals surface area contributed by atoms with E-state index in [4.69, 9.17) is 4.74 Å². The lowest BCUT2D eigenvalue weighted by Crippen LogP contribution is -2.30. The van der Waals surface area contributed by atoms with Gasteiger partial charge in [-0.15, -0.1) is 6.58 Å². The van der Waals surface area contributed by atoms with E-state index in [1.54, 1.807) is 7.11 Å². The highest BCUT2D eigenvalue weighted by molar-refractivity contribution is 4.83. The first-order valence-electron chi connectivity index (χ1n) is 5.18. The molecule has 0 aromatic carbocycles. The molecule has 0 saturated carbocycles. The predicted octanol–water partition coefficient (Wildman–Crippen LogP) is 1.72. The van der Waals surface area contributed by atoms with E-state index in [-0.39, 0.29) is 5.41 Å². The van der Waals surface area contributed by atoms with Crippen LogP contribution in [0.15, 0.2) is 12.7 Å². The molecule has 0 aromatic rings. The number of ether oxygens (including phenoxy) is 1. The lowest BCUT2D eigenvalue weighted by Gasteiger charge is -2.27. The Morgan fingerprint density at radius 2 is 2.21 bits per heavy atom. The summed E-state index contributed by atoms with van der Waals surface area (Å²) < 4.78 is 5.23. The fourth-order valence-corrected chi connectivity index (χ4v) is 1.66. The van der Waals surface area contributed by atoms with Gasteiger partial charge in [-0.3, -0.25) is 10.9 Å². The number of hydrogen-bond acceptors (Lipinski definition) is 3. The number of hydrazine groups is 1. The third-order valence-corrected chi connectivity index (χ3v) is 2.39. The molecule has 1 unspecified atom stereocenters. The highest BCUT2D eigenvalue weighted by Crippen LogP contribution is 2.27. The van der Waals surface area contributed by atoms with Crippen molar-refractivity contribution in [1.29, 1.82) is 0 Å². The first-order chi connectivity index (χ1) is 6.68. The second-order valence-electron chi connectivity index (χ2n) is 4.02. The Morgan fingerprint density at radius 1 is 1.50 bits per heavy atom. The van der Waals surface area contributed by atoms with Gasteiger partial charge in [0.15, 0.2) is 0 Å². The average Bonchev–Trinajstić information content (AvgIpc) is 2.13. The Hall–Kier alpha value is -0.380. The summed E-state index contributed by atoms with van der Waals surface area (Å²) in [6.07, 6.45) is 5.29. The molecule has 0 spiro atoms. The third-order valence-electron chi connectivity index (χ3n) is 2.39. The molecule has 0 amide bonds. The average molecular weight is 200 g/mol. The number of hydrogen-bond donors (Lipinski definition) is 2. The smallest absolute Gasteiger partial charge is 0.0518 e. The highest BCUT2D eigenvalue weighted by atomic mass is 16.5. The van der Waals surface area contributed by atoms with Crippen LogP contribution < -0.4 is 10.9 Å². The van der Waals surface area contributed by atoms with Crippen molar-refractivity contribution >= 4 is 0 Å². The van der Waals surface area contributed by atoms with Crippen LogP contribution in [0.1, 0.15) is 26.2 Å². The van der Waals surface area contributed by atoms with Crippen molar-refractivity contribution < 1.29 is 4.74 Å². The molecule has 3 nitrogen and oxygen atoms in total. The van der Waals surface area contributed by atoms with E-state index in [2.05, 4.69) is 24.4 Å². The molecule has 0 heterocycles. The summed E-state index contributed by atoms with van der Waals surface area (Å²) in [5, 5.41) is 0. The van der Waals surface area contributed by atoms with Crippen molar-refractivity contribution in [2.75, 3.05) is 27.3 Å². The van der Waals surface area contributed by atoms with Crippen LogP contribution >= 0.6 is 0 Å². The van der Waals surface area contributed by atoms with Crippen LogP contribution in [-0.4, -0.2) is 27.3 Å². The van der Waals surface area contributed by atoms with E-state index in [1.165, 1.54) is 0 Å². The Bertz CT molecular complexity index is 150. The quantitative estimate of drug-likeness (QED) is 0.338. The normalized spacial score (nSPS) is 15.1. The fraction of sp³-hybridized carbons (Fsp3) is 0.818. The lowest BCUT2D eigenvalue weighted by molar-refractivity contribution is 0.0855. The van der Waals surface area contributed by atoms with Crippen molar-refractivity contribution in [3.8, 4) is 0 Å². The van der Waals surface area contributed by atoms with Gasteiger partial charge in [-0.25, -0.2) is 0 Å². The van der Waals surface area contributed by atoms with Crippen LogP contribution in [0, 0.1) is 5.41 Å². The molecule has 0 aliphatic carbocycles. The van der Waals surface area contributed by atoms with Gasteiger partial charge in [-0.05, 0) is 31.7 Å². The van der Waals surface area contributed by atoms with Gasteiger partial charge >= 0.3 is 0 Å². The number of allylic oxidation sites excluding steroid dienone is 1. The second-order valence-corrected chi connectivity index (χ2v) is 4.02. The zero-order valence-corrected chi connectivity index (χ0v) is 9.73. The topological polar surface area (TPSA) is 33.3 Å². The number of methoxy groups -OCH3 is 1. The van der Waals surface area contributed by atoms with Crippen LogP contribution in [0.2, 0.25) is 0 Å². The molecule has 0 aliphatic rings. The maximum absolute atomic E-state index is 5.23. The van der Waals surface area contributed by atoms with Crippen LogP contribution in [0.3, 0.4) is 0 Å². The van der Waals surface area contributed by atoms with Gasteiger partial charge in [0.2, 0.25) is 0 Å². The standard InChI is InChI=1S/C11H24N2O/c1-5-7-11(2,10-14-4)8-6-9-13-12-3/h5,12-13H,1,6-10H2,2-4H3. The molecule has 0 fully saturated rings. The zero-order valence-electron chi connectivity index (χ0n) is 9.73. The molecule has 0 aromatic heterocycles. The molecule has 3 heteroatoms. The summed E-state index contributed by atoms with van der Waals surface area (Å²) in [5.41, 5.74) is 6.25. The highest BCUT2D eigenvalue weighted by Gasteiger charge is 2.21. The monoisotopic (exact) mass is 200 g/mol. The molecular weight excluding hydrogens is 176 g/mol. The molecule has 84 valence electrons. The third kappa shape index (κ3) is 6.13. The van der Waals surface area contributed by atoms with E-state index in [0.717, 1.165) is 32.4 Å². The summed E-state index contributed by atoms with van der Waals surface area (Å²) in [7, 11) is 3.64. The number of rotatable bonds is 9. The van der Waals surface area contributed by atoms with E-state index < -0.39 is 0 Å². The first-order valence-corrected chi connectivity index (χ1v) is 5.18. The SMILES string of the molecule is C=CCC(C)(CCCNNC)COC. The fourth-order valence-electron chi connectivity index (χ4n) is 1.66. The molecule has 0 aliphatic heterocycles. The van der Waals surface area contributed by atoms with Gasteiger partial charge in [0.1, 0.15) is 0 Å². The molecule has 0 bridgehead atoms. The Labute approximate surface area is 87.9 Å². The van der Waals surface area contributed by atoms with Crippen molar-refractivity contribution in [2.24, 2.45) is 5.41 Å². The van der Waals surface area contributed by atoms with Crippen LogP contribution in [0.4, 0.5) is 0 Å². The van der Waals surface area contributed by atoms with Crippen molar-refractivity contribution in [3.63, 3.8) is 0 Å². The Balaban J connectivity index is 3.76. The molecule has 14 heavy (non-hydrogen) atoms. The summed E-state index contributed by atoms with van der Waals surface area (Å²) in [5.74, 6) is 0. The summed E-state index contributed by atoms with van der Waals surface area (Å²) in [6, 6.07) is 0. The zero-order chi connectivity index (χ0) is 10.9.